The quantitative estimate of drug-likeness (QED) is 0.716. The van der Waals surface area contributed by atoms with E-state index in [1.165, 1.54) is 19.3 Å². The van der Waals surface area contributed by atoms with Gasteiger partial charge in [0.25, 0.3) is 0 Å². The molecule has 0 bridgehead atoms. The maximum Gasteiger partial charge on any atom is 0.240 e. The van der Waals surface area contributed by atoms with E-state index in [9.17, 15) is 0 Å². The Morgan fingerprint density at radius 1 is 1.39 bits per heavy atom. The number of methoxy groups -OCH3 is 1. The standard InChI is InChI=1S/C19H30N6O2.ClH/c1-4-24-10-9-21-16(24)12-25(15-11-19(15)5-7-20-8-6-19)13-17-22-18(23-27-17)14(2)26-3;/h9-10,14-15,20H,4-8,11-13H2,1-3H3;1H. The lowest BCUT2D eigenvalue weighted by atomic mass is 9.93. The van der Waals surface area contributed by atoms with E-state index in [0.717, 1.165) is 32.0 Å². The molecule has 1 saturated carbocycles. The molecule has 2 aliphatic rings. The van der Waals surface area contributed by atoms with Gasteiger partial charge in [-0.15, -0.1) is 12.4 Å². The highest BCUT2D eigenvalue weighted by Crippen LogP contribution is 2.56. The first kappa shape index (κ1) is 21.2. The molecule has 28 heavy (non-hydrogen) atoms. The van der Waals surface area contributed by atoms with E-state index in [1.54, 1.807) is 7.11 Å². The Hall–Kier alpha value is -1.48. The molecule has 1 saturated heterocycles. The molecule has 1 spiro atoms. The minimum absolute atomic E-state index is 0. The Labute approximate surface area is 172 Å². The number of rotatable bonds is 8. The summed E-state index contributed by atoms with van der Waals surface area (Å²) in [6.07, 6.45) is 7.50. The van der Waals surface area contributed by atoms with Crippen molar-refractivity contribution < 1.29 is 9.26 Å². The van der Waals surface area contributed by atoms with Gasteiger partial charge < -0.3 is 19.1 Å². The van der Waals surface area contributed by atoms with Crippen LogP contribution in [-0.2, 0) is 24.4 Å². The normalized spacial score (nSPS) is 21.6. The zero-order chi connectivity index (χ0) is 18.9. The SMILES string of the molecule is CCn1ccnc1CN(Cc1nc(C(C)OC)no1)C1CC12CCNCC2.Cl. The minimum Gasteiger partial charge on any atom is -0.374 e. The molecule has 2 unspecified atom stereocenters. The third-order valence-corrected chi connectivity index (χ3v) is 6.21. The van der Waals surface area contributed by atoms with Crippen LogP contribution >= 0.6 is 12.4 Å². The van der Waals surface area contributed by atoms with Crippen LogP contribution in [0.5, 0.6) is 0 Å². The molecule has 9 heteroatoms. The Bertz CT molecular complexity index is 757. The number of hydrogen-bond donors (Lipinski definition) is 1. The van der Waals surface area contributed by atoms with Gasteiger partial charge in [-0.3, -0.25) is 4.90 Å². The number of imidazole rings is 1. The van der Waals surface area contributed by atoms with Crippen LogP contribution in [0.2, 0.25) is 0 Å². The van der Waals surface area contributed by atoms with E-state index in [2.05, 4.69) is 36.8 Å². The maximum absolute atomic E-state index is 5.53. The number of ether oxygens (including phenoxy) is 1. The van der Waals surface area contributed by atoms with E-state index >= 15 is 0 Å². The highest BCUT2D eigenvalue weighted by Gasteiger charge is 2.56. The number of hydrogen-bond acceptors (Lipinski definition) is 7. The molecule has 156 valence electrons. The fourth-order valence-corrected chi connectivity index (χ4v) is 4.32. The molecule has 3 heterocycles. The first-order valence-electron chi connectivity index (χ1n) is 9.95. The number of halogens is 1. The lowest BCUT2D eigenvalue weighted by molar-refractivity contribution is 0.109. The Morgan fingerprint density at radius 2 is 2.18 bits per heavy atom. The summed E-state index contributed by atoms with van der Waals surface area (Å²) in [4.78, 5) is 11.6. The van der Waals surface area contributed by atoms with Crippen molar-refractivity contribution in [3.05, 3.63) is 29.9 Å². The topological polar surface area (TPSA) is 81.2 Å². The molecule has 1 aliphatic carbocycles. The molecular weight excluding hydrogens is 380 g/mol. The fraction of sp³-hybridized carbons (Fsp3) is 0.737. The summed E-state index contributed by atoms with van der Waals surface area (Å²) in [7, 11) is 1.66. The summed E-state index contributed by atoms with van der Waals surface area (Å²) in [6.45, 7) is 8.69. The van der Waals surface area contributed by atoms with Crippen LogP contribution in [0, 0.1) is 5.41 Å². The van der Waals surface area contributed by atoms with Crippen LogP contribution in [0.15, 0.2) is 16.9 Å². The van der Waals surface area contributed by atoms with E-state index in [0.29, 0.717) is 29.7 Å². The number of nitrogens with zero attached hydrogens (tertiary/aromatic N) is 5. The fourth-order valence-electron chi connectivity index (χ4n) is 4.32. The van der Waals surface area contributed by atoms with Gasteiger partial charge in [0, 0.05) is 32.1 Å². The molecule has 1 N–H and O–H groups in total. The van der Waals surface area contributed by atoms with Crippen molar-refractivity contribution in [1.29, 1.82) is 0 Å². The van der Waals surface area contributed by atoms with E-state index in [-0.39, 0.29) is 18.5 Å². The van der Waals surface area contributed by atoms with Crippen LogP contribution in [0.25, 0.3) is 0 Å². The maximum atomic E-state index is 5.53. The Kier molecular flexibility index (Phi) is 6.75. The third kappa shape index (κ3) is 4.25. The second kappa shape index (κ2) is 8.90. The van der Waals surface area contributed by atoms with Crippen molar-refractivity contribution in [2.45, 2.75) is 64.9 Å². The number of piperidine rings is 1. The molecule has 1 aliphatic heterocycles. The van der Waals surface area contributed by atoms with Crippen LogP contribution in [0.1, 0.15) is 56.8 Å². The van der Waals surface area contributed by atoms with E-state index in [1.807, 2.05) is 19.3 Å². The van der Waals surface area contributed by atoms with Gasteiger partial charge in [0.15, 0.2) is 5.82 Å². The molecule has 8 nitrogen and oxygen atoms in total. The van der Waals surface area contributed by atoms with Crippen LogP contribution in [-0.4, -0.2) is 50.8 Å². The summed E-state index contributed by atoms with van der Waals surface area (Å²) >= 11 is 0. The monoisotopic (exact) mass is 410 g/mol. The molecule has 2 atom stereocenters. The number of aryl methyl sites for hydroxylation is 1. The van der Waals surface area contributed by atoms with Gasteiger partial charge in [-0.1, -0.05) is 5.16 Å². The van der Waals surface area contributed by atoms with Crippen LogP contribution < -0.4 is 5.32 Å². The van der Waals surface area contributed by atoms with Gasteiger partial charge >= 0.3 is 0 Å². The highest BCUT2D eigenvalue weighted by atomic mass is 35.5. The second-order valence-electron chi connectivity index (χ2n) is 7.79. The van der Waals surface area contributed by atoms with E-state index < -0.39 is 0 Å². The van der Waals surface area contributed by atoms with Gasteiger partial charge in [0.2, 0.25) is 5.89 Å². The molecule has 0 amide bonds. The smallest absolute Gasteiger partial charge is 0.240 e. The lowest BCUT2D eigenvalue weighted by Gasteiger charge is -2.28. The van der Waals surface area contributed by atoms with Crippen molar-refractivity contribution in [2.75, 3.05) is 20.2 Å². The second-order valence-corrected chi connectivity index (χ2v) is 7.79. The average Bonchev–Trinajstić information content (AvgIpc) is 3.06. The molecule has 4 rings (SSSR count). The third-order valence-electron chi connectivity index (χ3n) is 6.21. The van der Waals surface area contributed by atoms with E-state index in [4.69, 9.17) is 9.26 Å². The predicted octanol–water partition coefficient (Wildman–Crippen LogP) is 2.56. The first-order valence-corrected chi connectivity index (χ1v) is 9.95. The highest BCUT2D eigenvalue weighted by molar-refractivity contribution is 5.85. The van der Waals surface area contributed by atoms with Crippen molar-refractivity contribution in [1.82, 2.24) is 29.9 Å². The zero-order valence-electron chi connectivity index (χ0n) is 16.9. The summed E-state index contributed by atoms with van der Waals surface area (Å²) in [5.41, 5.74) is 0.442. The van der Waals surface area contributed by atoms with Gasteiger partial charge in [-0.2, -0.15) is 4.98 Å². The Balaban J connectivity index is 0.00000225. The minimum atomic E-state index is -0.161. The zero-order valence-corrected chi connectivity index (χ0v) is 17.7. The average molecular weight is 411 g/mol. The predicted molar refractivity (Wildman–Crippen MR) is 107 cm³/mol. The summed E-state index contributed by atoms with van der Waals surface area (Å²) in [5.74, 6) is 2.35. The number of aromatic nitrogens is 4. The van der Waals surface area contributed by atoms with Gasteiger partial charge in [0.1, 0.15) is 11.9 Å². The lowest BCUT2D eigenvalue weighted by Crippen LogP contribution is -2.36. The summed E-state index contributed by atoms with van der Waals surface area (Å²) in [6, 6.07) is 0.553. The Morgan fingerprint density at radius 3 is 2.89 bits per heavy atom. The summed E-state index contributed by atoms with van der Waals surface area (Å²) in [5, 5.41) is 7.57. The van der Waals surface area contributed by atoms with Crippen molar-refractivity contribution >= 4 is 12.4 Å². The van der Waals surface area contributed by atoms with Crippen LogP contribution in [0.4, 0.5) is 0 Å². The number of nitrogens with one attached hydrogen (secondary N) is 1. The first-order chi connectivity index (χ1) is 13.1. The van der Waals surface area contributed by atoms with Gasteiger partial charge in [-0.05, 0) is 51.6 Å². The van der Waals surface area contributed by atoms with Crippen molar-refractivity contribution in [3.63, 3.8) is 0 Å². The van der Waals surface area contributed by atoms with Crippen molar-refractivity contribution in [2.24, 2.45) is 5.41 Å². The van der Waals surface area contributed by atoms with Crippen molar-refractivity contribution in [3.8, 4) is 0 Å². The van der Waals surface area contributed by atoms with Gasteiger partial charge in [-0.25, -0.2) is 4.98 Å². The van der Waals surface area contributed by atoms with Gasteiger partial charge in [0.05, 0.1) is 13.1 Å². The molecule has 2 aromatic rings. The summed E-state index contributed by atoms with van der Waals surface area (Å²) < 4.78 is 13.0. The molecular formula is C19H31ClN6O2. The molecule has 0 radical (unpaired) electrons. The largest absolute Gasteiger partial charge is 0.374 e. The van der Waals surface area contributed by atoms with Crippen LogP contribution in [0.3, 0.4) is 0 Å². The molecule has 0 aromatic carbocycles. The molecule has 2 fully saturated rings. The molecule has 2 aromatic heterocycles.